The van der Waals surface area contributed by atoms with Crippen LogP contribution in [-0.4, -0.2) is 50.2 Å². The van der Waals surface area contributed by atoms with Crippen molar-refractivity contribution >= 4 is 17.2 Å². The summed E-state index contributed by atoms with van der Waals surface area (Å²) in [6, 6.07) is 4.11. The molecule has 1 N–H and O–H groups in total. The molecule has 0 aromatic carbocycles. The van der Waals surface area contributed by atoms with Crippen LogP contribution in [0.2, 0.25) is 0 Å². The zero-order chi connectivity index (χ0) is 13.3. The van der Waals surface area contributed by atoms with Gasteiger partial charge in [-0.3, -0.25) is 9.69 Å². The van der Waals surface area contributed by atoms with Gasteiger partial charge in [0, 0.05) is 30.9 Å². The monoisotopic (exact) mass is 282 g/mol. The lowest BCUT2D eigenvalue weighted by molar-refractivity contribution is -0.121. The van der Waals surface area contributed by atoms with E-state index in [0.717, 1.165) is 52.2 Å². The van der Waals surface area contributed by atoms with E-state index in [0.29, 0.717) is 6.42 Å². The molecular weight excluding hydrogens is 260 g/mol. The molecule has 2 heterocycles. The van der Waals surface area contributed by atoms with Crippen molar-refractivity contribution in [3.8, 4) is 0 Å². The maximum atomic E-state index is 11.6. The average Bonchev–Trinajstić information content (AvgIpc) is 2.96. The molecule has 5 heteroatoms. The standard InChI is InChI=1S/C14H22N2O2S/c17-14(5-4-13-3-1-12-19-13)15-6-2-7-16-8-10-18-11-9-16/h1,3,12H,2,4-11H2,(H,15,17). The summed E-state index contributed by atoms with van der Waals surface area (Å²) in [5.41, 5.74) is 0. The number of morpholine rings is 1. The molecule has 0 bridgehead atoms. The van der Waals surface area contributed by atoms with Gasteiger partial charge in [-0.2, -0.15) is 0 Å². The normalized spacial score (nSPS) is 16.4. The van der Waals surface area contributed by atoms with Crippen LogP contribution in [0.1, 0.15) is 17.7 Å². The molecule has 0 aliphatic carbocycles. The predicted molar refractivity (Wildman–Crippen MR) is 77.5 cm³/mol. The fraction of sp³-hybridized carbons (Fsp3) is 0.643. The number of amides is 1. The largest absolute Gasteiger partial charge is 0.379 e. The Bertz CT molecular complexity index is 362. The van der Waals surface area contributed by atoms with Crippen molar-refractivity contribution in [2.75, 3.05) is 39.4 Å². The van der Waals surface area contributed by atoms with Crippen LogP contribution < -0.4 is 5.32 Å². The first kappa shape index (κ1) is 14.5. The smallest absolute Gasteiger partial charge is 0.220 e. The van der Waals surface area contributed by atoms with E-state index >= 15 is 0 Å². The Labute approximate surface area is 118 Å². The number of ether oxygens (including phenoxy) is 1. The van der Waals surface area contributed by atoms with E-state index in [4.69, 9.17) is 4.74 Å². The summed E-state index contributed by atoms with van der Waals surface area (Å²) in [4.78, 5) is 15.3. The number of thiophene rings is 1. The molecule has 4 nitrogen and oxygen atoms in total. The van der Waals surface area contributed by atoms with Crippen LogP contribution in [0.15, 0.2) is 17.5 Å². The van der Waals surface area contributed by atoms with Crippen molar-refractivity contribution in [1.82, 2.24) is 10.2 Å². The molecule has 1 saturated heterocycles. The Kier molecular flexibility index (Phi) is 6.33. The first-order valence-corrected chi connectivity index (χ1v) is 7.82. The Morgan fingerprint density at radius 1 is 1.42 bits per heavy atom. The second kappa shape index (κ2) is 8.30. The number of hydrogen-bond acceptors (Lipinski definition) is 4. The van der Waals surface area contributed by atoms with Crippen molar-refractivity contribution in [2.45, 2.75) is 19.3 Å². The highest BCUT2D eigenvalue weighted by atomic mass is 32.1. The van der Waals surface area contributed by atoms with Crippen molar-refractivity contribution in [3.05, 3.63) is 22.4 Å². The van der Waals surface area contributed by atoms with Crippen molar-refractivity contribution in [1.29, 1.82) is 0 Å². The maximum absolute atomic E-state index is 11.6. The van der Waals surface area contributed by atoms with Crippen molar-refractivity contribution in [3.63, 3.8) is 0 Å². The van der Waals surface area contributed by atoms with E-state index in [-0.39, 0.29) is 5.91 Å². The lowest BCUT2D eigenvalue weighted by Gasteiger charge is -2.26. The van der Waals surface area contributed by atoms with Gasteiger partial charge in [-0.1, -0.05) is 6.07 Å². The van der Waals surface area contributed by atoms with Gasteiger partial charge in [-0.25, -0.2) is 0 Å². The molecule has 19 heavy (non-hydrogen) atoms. The van der Waals surface area contributed by atoms with Crippen LogP contribution in [0.25, 0.3) is 0 Å². The molecule has 2 rings (SSSR count). The molecule has 1 aromatic rings. The molecule has 0 unspecified atom stereocenters. The molecule has 0 atom stereocenters. The number of aryl methyl sites for hydroxylation is 1. The number of hydrogen-bond donors (Lipinski definition) is 1. The molecule has 106 valence electrons. The van der Waals surface area contributed by atoms with Gasteiger partial charge in [-0.15, -0.1) is 11.3 Å². The van der Waals surface area contributed by atoms with Crippen molar-refractivity contribution in [2.24, 2.45) is 0 Å². The number of nitrogens with one attached hydrogen (secondary N) is 1. The Balaban J connectivity index is 1.49. The SMILES string of the molecule is O=C(CCc1cccs1)NCCCN1CCOCC1. The number of nitrogens with zero attached hydrogens (tertiary/aromatic N) is 1. The fourth-order valence-electron chi connectivity index (χ4n) is 2.14. The third-order valence-corrected chi connectivity index (χ3v) is 4.19. The van der Waals surface area contributed by atoms with Crippen LogP contribution >= 0.6 is 11.3 Å². The fourth-order valence-corrected chi connectivity index (χ4v) is 2.84. The third kappa shape index (κ3) is 5.72. The Morgan fingerprint density at radius 3 is 3.00 bits per heavy atom. The summed E-state index contributed by atoms with van der Waals surface area (Å²) >= 11 is 1.71. The molecule has 1 aromatic heterocycles. The molecule has 1 aliphatic rings. The van der Waals surface area contributed by atoms with Gasteiger partial charge in [-0.05, 0) is 30.8 Å². The summed E-state index contributed by atoms with van der Waals surface area (Å²) < 4.78 is 5.30. The summed E-state index contributed by atoms with van der Waals surface area (Å²) in [6.07, 6.45) is 2.47. The van der Waals surface area contributed by atoms with Gasteiger partial charge < -0.3 is 10.1 Å². The molecule has 0 saturated carbocycles. The van der Waals surface area contributed by atoms with E-state index in [1.54, 1.807) is 11.3 Å². The minimum Gasteiger partial charge on any atom is -0.379 e. The van der Waals surface area contributed by atoms with E-state index in [1.807, 2.05) is 6.07 Å². The van der Waals surface area contributed by atoms with Gasteiger partial charge in [0.25, 0.3) is 0 Å². The van der Waals surface area contributed by atoms with Crippen LogP contribution in [0.4, 0.5) is 0 Å². The van der Waals surface area contributed by atoms with Gasteiger partial charge >= 0.3 is 0 Å². The van der Waals surface area contributed by atoms with Gasteiger partial charge in [0.2, 0.25) is 5.91 Å². The lowest BCUT2D eigenvalue weighted by Crippen LogP contribution is -2.38. The number of rotatable bonds is 7. The van der Waals surface area contributed by atoms with Crippen molar-refractivity contribution < 1.29 is 9.53 Å². The van der Waals surface area contributed by atoms with Crippen LogP contribution in [0.3, 0.4) is 0 Å². The Hall–Kier alpha value is -0.910. The van der Waals surface area contributed by atoms with Gasteiger partial charge in [0.15, 0.2) is 0 Å². The van der Waals surface area contributed by atoms with Crippen LogP contribution in [-0.2, 0) is 16.0 Å². The summed E-state index contributed by atoms with van der Waals surface area (Å²) in [7, 11) is 0. The van der Waals surface area contributed by atoms with E-state index in [2.05, 4.69) is 21.7 Å². The van der Waals surface area contributed by atoms with E-state index in [9.17, 15) is 4.79 Å². The van der Waals surface area contributed by atoms with E-state index < -0.39 is 0 Å². The van der Waals surface area contributed by atoms with Crippen LogP contribution in [0, 0.1) is 0 Å². The summed E-state index contributed by atoms with van der Waals surface area (Å²) in [5.74, 6) is 0.162. The highest BCUT2D eigenvalue weighted by Gasteiger charge is 2.09. The molecule has 0 spiro atoms. The summed E-state index contributed by atoms with van der Waals surface area (Å²) in [6.45, 7) is 5.55. The first-order valence-electron chi connectivity index (χ1n) is 6.94. The second-order valence-corrected chi connectivity index (χ2v) is 5.77. The molecule has 1 aliphatic heterocycles. The molecular formula is C14H22N2O2S. The highest BCUT2D eigenvalue weighted by Crippen LogP contribution is 2.10. The van der Waals surface area contributed by atoms with Gasteiger partial charge in [0.05, 0.1) is 13.2 Å². The van der Waals surface area contributed by atoms with Crippen LogP contribution in [0.5, 0.6) is 0 Å². The highest BCUT2D eigenvalue weighted by molar-refractivity contribution is 7.09. The first-order chi connectivity index (χ1) is 9.34. The number of carbonyl (C=O) groups excluding carboxylic acids is 1. The molecule has 1 amide bonds. The Morgan fingerprint density at radius 2 is 2.26 bits per heavy atom. The number of carbonyl (C=O) groups is 1. The zero-order valence-corrected chi connectivity index (χ0v) is 12.1. The summed E-state index contributed by atoms with van der Waals surface area (Å²) in [5, 5.41) is 5.04. The topological polar surface area (TPSA) is 41.6 Å². The predicted octanol–water partition coefficient (Wildman–Crippen LogP) is 1.52. The van der Waals surface area contributed by atoms with E-state index in [1.165, 1.54) is 4.88 Å². The second-order valence-electron chi connectivity index (χ2n) is 4.74. The lowest BCUT2D eigenvalue weighted by atomic mass is 10.2. The third-order valence-electron chi connectivity index (χ3n) is 3.26. The zero-order valence-electron chi connectivity index (χ0n) is 11.3. The van der Waals surface area contributed by atoms with Gasteiger partial charge in [0.1, 0.15) is 0 Å². The quantitative estimate of drug-likeness (QED) is 0.771. The maximum Gasteiger partial charge on any atom is 0.220 e. The minimum absolute atomic E-state index is 0.162. The molecule has 0 radical (unpaired) electrons. The minimum atomic E-state index is 0.162. The average molecular weight is 282 g/mol. The molecule has 1 fully saturated rings.